The minimum atomic E-state index is -0.416. The fraction of sp³-hybridized carbons (Fsp3) is 0.500. The summed E-state index contributed by atoms with van der Waals surface area (Å²) in [5.41, 5.74) is 9.05. The van der Waals surface area contributed by atoms with Crippen molar-refractivity contribution in [1.29, 1.82) is 0 Å². The van der Waals surface area contributed by atoms with Crippen molar-refractivity contribution < 1.29 is 0 Å². The van der Waals surface area contributed by atoms with Gasteiger partial charge < -0.3 is 0 Å². The van der Waals surface area contributed by atoms with Crippen molar-refractivity contribution in [1.82, 2.24) is 10.5 Å². The number of rotatable bonds is 7. The van der Waals surface area contributed by atoms with E-state index >= 15 is 0 Å². The number of alkyl halides is 1. The van der Waals surface area contributed by atoms with E-state index in [-0.39, 0.29) is 12.1 Å². The van der Waals surface area contributed by atoms with Gasteiger partial charge in [-0.3, -0.25) is 5.01 Å². The third-order valence-corrected chi connectivity index (χ3v) is 5.81. The van der Waals surface area contributed by atoms with Crippen molar-refractivity contribution in [2.75, 3.05) is 12.1 Å². The van der Waals surface area contributed by atoms with Gasteiger partial charge in [0.15, 0.2) is 0 Å². The molecule has 1 saturated heterocycles. The van der Waals surface area contributed by atoms with Crippen molar-refractivity contribution in [3.8, 4) is 0 Å². The third-order valence-electron chi connectivity index (χ3n) is 5.59. The van der Waals surface area contributed by atoms with Crippen molar-refractivity contribution in [3.63, 3.8) is 0 Å². The van der Waals surface area contributed by atoms with Crippen LogP contribution in [0, 0.1) is 0 Å². The van der Waals surface area contributed by atoms with Crippen LogP contribution in [0.4, 0.5) is 5.69 Å². The molecule has 0 saturated carbocycles. The molecule has 1 aliphatic rings. The fourth-order valence-electron chi connectivity index (χ4n) is 4.47. The summed E-state index contributed by atoms with van der Waals surface area (Å²) in [5, 5.41) is 4.56. The molecule has 3 nitrogen and oxygen atoms in total. The number of para-hydroxylation sites is 1. The number of hydrogen-bond donors (Lipinski definition) is 1. The van der Waals surface area contributed by atoms with Crippen molar-refractivity contribution in [2.24, 2.45) is 0 Å². The van der Waals surface area contributed by atoms with E-state index in [2.05, 4.69) is 98.8 Å². The topological polar surface area (TPSA) is 18.5 Å². The summed E-state index contributed by atoms with van der Waals surface area (Å²) in [6.07, 6.45) is 4.40. The Morgan fingerprint density at radius 2 is 1.50 bits per heavy atom. The van der Waals surface area contributed by atoms with Crippen molar-refractivity contribution >= 4 is 17.3 Å². The monoisotopic (exact) mass is 399 g/mol. The van der Waals surface area contributed by atoms with Crippen LogP contribution in [0.25, 0.3) is 0 Å². The Bertz CT molecular complexity index is 745. The maximum Gasteiger partial charge on any atom is 0.0865 e. The number of hydrazine groups is 2. The second kappa shape index (κ2) is 8.86. The molecule has 2 aromatic carbocycles. The van der Waals surface area contributed by atoms with E-state index in [4.69, 9.17) is 11.6 Å². The fourth-order valence-corrected chi connectivity index (χ4v) is 4.69. The second-order valence-electron chi connectivity index (χ2n) is 8.37. The van der Waals surface area contributed by atoms with E-state index in [1.54, 1.807) is 0 Å². The number of anilines is 1. The molecule has 1 aliphatic heterocycles. The summed E-state index contributed by atoms with van der Waals surface area (Å²) in [6.45, 7) is 8.75. The zero-order valence-electron chi connectivity index (χ0n) is 17.9. The Balaban J connectivity index is 2.13. The van der Waals surface area contributed by atoms with Gasteiger partial charge in [0.2, 0.25) is 0 Å². The Kier molecular flexibility index (Phi) is 6.69. The Hall–Kier alpha value is -1.55. The normalized spacial score (nSPS) is 20.7. The average Bonchev–Trinajstić information content (AvgIpc) is 3.00. The van der Waals surface area contributed by atoms with E-state index < -0.39 is 4.87 Å². The van der Waals surface area contributed by atoms with E-state index in [0.717, 1.165) is 25.7 Å². The van der Waals surface area contributed by atoms with Crippen LogP contribution in [-0.4, -0.2) is 23.0 Å². The molecule has 0 bridgehead atoms. The standard InChI is InChI=1S/C24H34ClN3/c1-6-12-18-16-11-17-19(13-7-2)21(18)28-23(24(3,4)25)22(27(5)26-28)20-14-9-8-10-15-20/h8-11,14-17,22-23,26H,6-7,12-13H2,1-5H3. The van der Waals surface area contributed by atoms with Crippen LogP contribution >= 0.6 is 11.6 Å². The zero-order valence-corrected chi connectivity index (χ0v) is 18.6. The van der Waals surface area contributed by atoms with Gasteiger partial charge in [0.1, 0.15) is 0 Å². The van der Waals surface area contributed by atoms with Crippen LogP contribution in [0.15, 0.2) is 48.5 Å². The number of aryl methyl sites for hydroxylation is 2. The maximum atomic E-state index is 7.04. The third kappa shape index (κ3) is 4.22. The molecule has 3 rings (SSSR count). The predicted octanol–water partition coefficient (Wildman–Crippen LogP) is 5.89. The van der Waals surface area contributed by atoms with Crippen LogP contribution in [0.2, 0.25) is 0 Å². The van der Waals surface area contributed by atoms with E-state index in [0.29, 0.717) is 0 Å². The highest BCUT2D eigenvalue weighted by Crippen LogP contribution is 2.43. The van der Waals surface area contributed by atoms with Crippen LogP contribution in [0.3, 0.4) is 0 Å². The van der Waals surface area contributed by atoms with Gasteiger partial charge >= 0.3 is 0 Å². The van der Waals surface area contributed by atoms with Gasteiger partial charge in [-0.05, 0) is 43.4 Å². The second-order valence-corrected chi connectivity index (χ2v) is 9.34. The van der Waals surface area contributed by atoms with Crippen molar-refractivity contribution in [3.05, 3.63) is 65.2 Å². The Morgan fingerprint density at radius 3 is 2.00 bits per heavy atom. The smallest absolute Gasteiger partial charge is 0.0865 e. The molecule has 4 heteroatoms. The highest BCUT2D eigenvalue weighted by Gasteiger charge is 2.48. The van der Waals surface area contributed by atoms with Gasteiger partial charge in [0.25, 0.3) is 0 Å². The molecule has 0 radical (unpaired) electrons. The molecular weight excluding hydrogens is 366 g/mol. The molecule has 1 N–H and O–H groups in total. The van der Waals surface area contributed by atoms with Crippen molar-refractivity contribution in [2.45, 2.75) is 70.3 Å². The number of hydrogen-bond acceptors (Lipinski definition) is 3. The molecule has 0 amide bonds. The van der Waals surface area contributed by atoms with Gasteiger partial charge in [-0.2, -0.15) is 5.53 Å². The van der Waals surface area contributed by atoms with Gasteiger partial charge in [0.05, 0.1) is 22.6 Å². The summed E-state index contributed by atoms with van der Waals surface area (Å²) in [5.74, 6) is 0. The first kappa shape index (κ1) is 21.2. The summed E-state index contributed by atoms with van der Waals surface area (Å²) in [6, 6.07) is 17.7. The maximum absolute atomic E-state index is 7.04. The quantitative estimate of drug-likeness (QED) is 0.585. The molecule has 1 fully saturated rings. The Morgan fingerprint density at radius 1 is 0.929 bits per heavy atom. The van der Waals surface area contributed by atoms with E-state index in [1.165, 1.54) is 22.4 Å². The molecular formula is C24H34ClN3. The number of halogens is 1. The van der Waals surface area contributed by atoms with Gasteiger partial charge in [-0.1, -0.05) is 75.2 Å². The lowest BCUT2D eigenvalue weighted by molar-refractivity contribution is 0.225. The lowest BCUT2D eigenvalue weighted by Crippen LogP contribution is -2.49. The van der Waals surface area contributed by atoms with Crippen LogP contribution < -0.4 is 10.5 Å². The SMILES string of the molecule is CCCc1cccc(CCC)c1N1NN(C)C(c2ccccc2)C1C(C)(C)Cl. The van der Waals surface area contributed by atoms with Crippen LogP contribution in [0.5, 0.6) is 0 Å². The molecule has 2 atom stereocenters. The summed E-state index contributed by atoms with van der Waals surface area (Å²) >= 11 is 7.04. The average molecular weight is 400 g/mol. The Labute approximate surface area is 175 Å². The first-order valence-corrected chi connectivity index (χ1v) is 10.9. The predicted molar refractivity (Wildman–Crippen MR) is 121 cm³/mol. The number of likely N-dealkylation sites (N-methyl/N-ethyl adjacent to an activating group) is 1. The first-order valence-electron chi connectivity index (χ1n) is 10.5. The molecule has 0 aliphatic carbocycles. The van der Waals surface area contributed by atoms with E-state index in [1.807, 2.05) is 0 Å². The summed E-state index contributed by atoms with van der Waals surface area (Å²) in [4.78, 5) is -0.416. The first-order chi connectivity index (χ1) is 13.4. The lowest BCUT2D eigenvalue weighted by Gasteiger charge is -2.37. The molecule has 0 aromatic heterocycles. The minimum absolute atomic E-state index is 0.0928. The van der Waals surface area contributed by atoms with Gasteiger partial charge in [-0.15, -0.1) is 11.6 Å². The van der Waals surface area contributed by atoms with Crippen LogP contribution in [0.1, 0.15) is 63.3 Å². The molecule has 0 spiro atoms. The highest BCUT2D eigenvalue weighted by atomic mass is 35.5. The largest absolute Gasteiger partial charge is 0.288 e. The minimum Gasteiger partial charge on any atom is -0.288 e. The number of nitrogens with zero attached hydrogens (tertiary/aromatic N) is 2. The molecule has 2 unspecified atom stereocenters. The summed E-state index contributed by atoms with van der Waals surface area (Å²) < 4.78 is 0. The molecule has 28 heavy (non-hydrogen) atoms. The molecule has 152 valence electrons. The van der Waals surface area contributed by atoms with Crippen LogP contribution in [-0.2, 0) is 12.8 Å². The van der Waals surface area contributed by atoms with Gasteiger partial charge in [0, 0.05) is 7.05 Å². The summed E-state index contributed by atoms with van der Waals surface area (Å²) in [7, 11) is 2.12. The van der Waals surface area contributed by atoms with Gasteiger partial charge in [-0.25, -0.2) is 5.01 Å². The highest BCUT2D eigenvalue weighted by molar-refractivity contribution is 6.24. The molecule has 2 aromatic rings. The lowest BCUT2D eigenvalue weighted by atomic mass is 9.89. The number of nitrogens with one attached hydrogen (secondary N) is 1. The van der Waals surface area contributed by atoms with E-state index in [9.17, 15) is 0 Å². The zero-order chi connectivity index (χ0) is 20.3. The molecule has 1 heterocycles. The number of benzene rings is 2.